The first-order valence-electron chi connectivity index (χ1n) is 7.73. The van der Waals surface area contributed by atoms with Crippen LogP contribution in [0.4, 0.5) is 0 Å². The van der Waals surface area contributed by atoms with Crippen LogP contribution in [0.2, 0.25) is 0 Å². The van der Waals surface area contributed by atoms with E-state index >= 15 is 0 Å². The first-order valence-corrected chi connectivity index (χ1v) is 7.73. The van der Waals surface area contributed by atoms with Crippen molar-refractivity contribution in [2.24, 2.45) is 0 Å². The van der Waals surface area contributed by atoms with Crippen LogP contribution >= 0.6 is 0 Å². The van der Waals surface area contributed by atoms with E-state index in [-0.39, 0.29) is 30.5 Å². The summed E-state index contributed by atoms with van der Waals surface area (Å²) in [5.41, 5.74) is 0. The maximum absolute atomic E-state index is 12.2. The molecule has 0 radical (unpaired) electrons. The Balaban J connectivity index is 2.59. The highest BCUT2D eigenvalue weighted by atomic mass is 16.4. The van der Waals surface area contributed by atoms with Crippen LogP contribution in [0.5, 0.6) is 0 Å². The summed E-state index contributed by atoms with van der Waals surface area (Å²) in [5.74, 6) is -0.700. The lowest BCUT2D eigenvalue weighted by atomic mass is 9.96. The molecule has 1 aliphatic rings. The van der Waals surface area contributed by atoms with Gasteiger partial charge in [-0.05, 0) is 46.1 Å². The fraction of sp³-hybridized carbons (Fsp3) is 0.867. The summed E-state index contributed by atoms with van der Waals surface area (Å²) in [6.07, 6.45) is 4.94. The molecular formula is C15H28N2O3. The van der Waals surface area contributed by atoms with Gasteiger partial charge in [0.15, 0.2) is 0 Å². The van der Waals surface area contributed by atoms with E-state index in [1.54, 1.807) is 0 Å². The predicted octanol–water partition coefficient (Wildman–Crippen LogP) is 2.01. The second-order valence-electron chi connectivity index (χ2n) is 5.81. The van der Waals surface area contributed by atoms with E-state index < -0.39 is 5.97 Å². The number of carboxylic acids is 1. The summed E-state index contributed by atoms with van der Waals surface area (Å²) < 4.78 is 0. The van der Waals surface area contributed by atoms with Crippen molar-refractivity contribution < 1.29 is 14.7 Å². The largest absolute Gasteiger partial charge is 0.481 e. The molecule has 5 nitrogen and oxygen atoms in total. The van der Waals surface area contributed by atoms with Gasteiger partial charge in [0.05, 0.1) is 6.04 Å². The molecule has 1 rings (SSSR count). The molecule has 3 unspecified atom stereocenters. The summed E-state index contributed by atoms with van der Waals surface area (Å²) in [5, 5.41) is 11.8. The van der Waals surface area contributed by atoms with Crippen molar-refractivity contribution >= 4 is 11.9 Å². The van der Waals surface area contributed by atoms with Crippen LogP contribution in [0.3, 0.4) is 0 Å². The highest BCUT2D eigenvalue weighted by molar-refractivity contribution is 5.81. The number of carbonyl (C=O) groups excluding carboxylic acids is 1. The number of rotatable bonds is 7. The Labute approximate surface area is 121 Å². The Morgan fingerprint density at radius 1 is 1.35 bits per heavy atom. The second kappa shape index (κ2) is 8.25. The topological polar surface area (TPSA) is 69.6 Å². The van der Waals surface area contributed by atoms with Gasteiger partial charge >= 0.3 is 5.97 Å². The Bertz CT molecular complexity index is 333. The Hall–Kier alpha value is -1.10. The van der Waals surface area contributed by atoms with E-state index in [2.05, 4.69) is 10.2 Å². The average molecular weight is 284 g/mol. The minimum atomic E-state index is -0.757. The number of nitrogens with zero attached hydrogens (tertiary/aromatic N) is 1. The number of hydrogen-bond acceptors (Lipinski definition) is 3. The summed E-state index contributed by atoms with van der Waals surface area (Å²) in [6, 6.07) is 0.229. The molecule has 1 saturated heterocycles. The summed E-state index contributed by atoms with van der Waals surface area (Å²) in [7, 11) is 0. The molecule has 1 fully saturated rings. The number of nitrogens with one attached hydrogen (secondary N) is 1. The molecule has 0 bridgehead atoms. The Morgan fingerprint density at radius 2 is 2.05 bits per heavy atom. The van der Waals surface area contributed by atoms with E-state index in [0.29, 0.717) is 6.42 Å². The van der Waals surface area contributed by atoms with Gasteiger partial charge in [-0.25, -0.2) is 0 Å². The lowest BCUT2D eigenvalue weighted by Gasteiger charge is -2.39. The number of piperidine rings is 1. The van der Waals surface area contributed by atoms with E-state index in [4.69, 9.17) is 5.11 Å². The molecule has 0 aromatic carbocycles. The molecule has 3 atom stereocenters. The lowest BCUT2D eigenvalue weighted by Crippen LogP contribution is -2.53. The van der Waals surface area contributed by atoms with Crippen molar-refractivity contribution in [3.8, 4) is 0 Å². The van der Waals surface area contributed by atoms with Gasteiger partial charge in [-0.2, -0.15) is 0 Å². The van der Waals surface area contributed by atoms with Gasteiger partial charge in [0.25, 0.3) is 0 Å². The van der Waals surface area contributed by atoms with E-state index in [1.165, 1.54) is 0 Å². The van der Waals surface area contributed by atoms with Crippen LogP contribution in [0.1, 0.15) is 59.3 Å². The average Bonchev–Trinajstić information content (AvgIpc) is 2.44. The van der Waals surface area contributed by atoms with E-state index in [0.717, 1.165) is 32.2 Å². The standard InChI is InChI=1S/C15H28N2O3/c1-4-11(2)16-15(20)12(3)17-10-6-5-7-13(17)8-9-14(18)19/h11-13H,4-10H2,1-3H3,(H,16,20)(H,18,19). The number of aliphatic carboxylic acids is 1. The van der Waals surface area contributed by atoms with Gasteiger partial charge in [-0.3, -0.25) is 14.5 Å². The SMILES string of the molecule is CCC(C)NC(=O)C(C)N1CCCCC1CCC(=O)O. The van der Waals surface area contributed by atoms with Gasteiger partial charge in [-0.1, -0.05) is 13.3 Å². The van der Waals surface area contributed by atoms with Gasteiger partial charge in [-0.15, -0.1) is 0 Å². The molecular weight excluding hydrogens is 256 g/mol. The Kier molecular flexibility index (Phi) is 6.99. The van der Waals surface area contributed by atoms with Crippen molar-refractivity contribution in [1.29, 1.82) is 0 Å². The monoisotopic (exact) mass is 284 g/mol. The number of amides is 1. The zero-order valence-electron chi connectivity index (χ0n) is 12.9. The van der Waals surface area contributed by atoms with Crippen molar-refractivity contribution in [2.45, 2.75) is 77.4 Å². The number of carboxylic acid groups (broad SMARTS) is 1. The molecule has 0 aromatic rings. The molecule has 1 heterocycles. The van der Waals surface area contributed by atoms with Crippen molar-refractivity contribution in [3.63, 3.8) is 0 Å². The molecule has 0 spiro atoms. The van der Waals surface area contributed by atoms with Crippen molar-refractivity contribution in [3.05, 3.63) is 0 Å². The van der Waals surface area contributed by atoms with Crippen molar-refractivity contribution in [2.75, 3.05) is 6.54 Å². The van der Waals surface area contributed by atoms with Crippen LogP contribution in [-0.4, -0.2) is 46.6 Å². The fourth-order valence-electron chi connectivity index (χ4n) is 2.75. The zero-order valence-corrected chi connectivity index (χ0v) is 12.9. The molecule has 20 heavy (non-hydrogen) atoms. The molecule has 1 amide bonds. The number of likely N-dealkylation sites (tertiary alicyclic amines) is 1. The molecule has 116 valence electrons. The quantitative estimate of drug-likeness (QED) is 0.750. The van der Waals surface area contributed by atoms with Crippen LogP contribution < -0.4 is 5.32 Å². The maximum Gasteiger partial charge on any atom is 0.303 e. The Morgan fingerprint density at radius 3 is 2.65 bits per heavy atom. The third-order valence-electron chi connectivity index (χ3n) is 4.24. The minimum Gasteiger partial charge on any atom is -0.481 e. The van der Waals surface area contributed by atoms with Gasteiger partial charge in [0, 0.05) is 18.5 Å². The summed E-state index contributed by atoms with van der Waals surface area (Å²) in [6.45, 7) is 6.87. The summed E-state index contributed by atoms with van der Waals surface area (Å²) in [4.78, 5) is 25.1. The van der Waals surface area contributed by atoms with Crippen molar-refractivity contribution in [1.82, 2.24) is 10.2 Å². The smallest absolute Gasteiger partial charge is 0.303 e. The maximum atomic E-state index is 12.2. The number of hydrogen-bond donors (Lipinski definition) is 2. The fourth-order valence-corrected chi connectivity index (χ4v) is 2.75. The molecule has 5 heteroatoms. The van der Waals surface area contributed by atoms with E-state index in [1.807, 2.05) is 20.8 Å². The van der Waals surface area contributed by atoms with Gasteiger partial charge in [0.2, 0.25) is 5.91 Å². The highest BCUT2D eigenvalue weighted by Gasteiger charge is 2.30. The van der Waals surface area contributed by atoms with Gasteiger partial charge < -0.3 is 10.4 Å². The summed E-state index contributed by atoms with van der Waals surface area (Å²) >= 11 is 0. The lowest BCUT2D eigenvalue weighted by molar-refractivity contribution is -0.137. The molecule has 0 aromatic heterocycles. The minimum absolute atomic E-state index is 0.0570. The van der Waals surface area contributed by atoms with Crippen LogP contribution in [0, 0.1) is 0 Å². The van der Waals surface area contributed by atoms with E-state index in [9.17, 15) is 9.59 Å². The zero-order chi connectivity index (χ0) is 15.1. The highest BCUT2D eigenvalue weighted by Crippen LogP contribution is 2.23. The molecule has 0 saturated carbocycles. The van der Waals surface area contributed by atoms with Crippen LogP contribution in [0.25, 0.3) is 0 Å². The third kappa shape index (κ3) is 5.12. The first kappa shape index (κ1) is 17.0. The predicted molar refractivity (Wildman–Crippen MR) is 78.6 cm³/mol. The number of carbonyl (C=O) groups is 2. The molecule has 1 aliphatic heterocycles. The van der Waals surface area contributed by atoms with Gasteiger partial charge in [0.1, 0.15) is 0 Å². The van der Waals surface area contributed by atoms with Crippen LogP contribution in [-0.2, 0) is 9.59 Å². The first-order chi connectivity index (χ1) is 9.45. The second-order valence-corrected chi connectivity index (χ2v) is 5.81. The third-order valence-corrected chi connectivity index (χ3v) is 4.24. The normalized spacial score (nSPS) is 23.1. The molecule has 2 N–H and O–H groups in total. The molecule has 0 aliphatic carbocycles. The van der Waals surface area contributed by atoms with Crippen LogP contribution in [0.15, 0.2) is 0 Å².